The molecule has 5 aliphatic rings. The second-order valence-electron chi connectivity index (χ2n) is 25.1. The summed E-state index contributed by atoms with van der Waals surface area (Å²) in [5.74, 6) is 3.10. The molecule has 420 valence electrons. The molecule has 2 aromatic rings. The van der Waals surface area contributed by atoms with Crippen molar-refractivity contribution in [1.29, 1.82) is 5.26 Å². The van der Waals surface area contributed by atoms with E-state index in [1.807, 2.05) is 6.07 Å². The number of nitriles is 1. The lowest BCUT2D eigenvalue weighted by molar-refractivity contribution is -0.142. The number of aliphatic carboxylic acids is 1. The second kappa shape index (κ2) is 24.7. The zero-order chi connectivity index (χ0) is 56.1. The number of carbonyl (C=O) groups excluding carboxylic acids is 6. The van der Waals surface area contributed by atoms with Gasteiger partial charge >= 0.3 is 12.1 Å². The molecule has 15 nitrogen and oxygen atoms in total. The Morgan fingerprint density at radius 2 is 1.60 bits per heavy atom. The number of Topliss-reactive ketones (excluding diaryl/α,β-unsaturated/α-hetero) is 2. The number of carbonyl (C=O) groups is 7. The molecule has 77 heavy (non-hydrogen) atoms. The molecule has 16 heteroatoms. The number of nitrogens with zero attached hydrogens (tertiary/aromatic N) is 4. The predicted molar refractivity (Wildman–Crippen MR) is 297 cm³/mol. The first kappa shape index (κ1) is 59.2. The van der Waals surface area contributed by atoms with Crippen molar-refractivity contribution in [2.75, 3.05) is 33.2 Å². The molecule has 7 rings (SSSR count). The van der Waals surface area contributed by atoms with Gasteiger partial charge < -0.3 is 30.3 Å². The van der Waals surface area contributed by atoms with Crippen molar-refractivity contribution < 1.29 is 43.4 Å². The highest BCUT2D eigenvalue weighted by atomic mass is 32.1. The topological polar surface area (TPSA) is 216 Å². The standard InChI is InChI=1S/C61H86N6O9S/c1-36-24-26-60(8)41(32-36)17-19-43-45-21-20-44(61(45,9)27-25-46(43)60)37(2)16-23-51(69)64-48(57(73)74)14-11-12-28-63-50(68)15-13-29-67(58(75)76-42-18-22-47-49(33-42)77-52(35-62)65-47)31-30-66(10)53(70)34-59(6,7)54-40(5)55(71)38(3)39(4)56(54)72/h18,22,33,36-37,41,43-46,48H,11-17,19-21,23-32,34H2,1-10H3,(H,63,68)(H,64,69)(H,73,74)/t36-,37-,41-,43+,44-,45+,46+,48?,60+,61-/m1/s1. The lowest BCUT2D eigenvalue weighted by atomic mass is 9.44. The third-order valence-electron chi connectivity index (χ3n) is 19.7. The van der Waals surface area contributed by atoms with E-state index in [1.54, 1.807) is 59.9 Å². The molecule has 0 bridgehead atoms. The summed E-state index contributed by atoms with van der Waals surface area (Å²) in [7, 11) is 1.60. The van der Waals surface area contributed by atoms with Crippen LogP contribution in [-0.4, -0.2) is 101 Å². The summed E-state index contributed by atoms with van der Waals surface area (Å²) >= 11 is 1.17. The molecule has 4 fully saturated rings. The maximum atomic E-state index is 13.7. The van der Waals surface area contributed by atoms with Crippen molar-refractivity contribution in [3.05, 3.63) is 45.5 Å². The van der Waals surface area contributed by atoms with Crippen LogP contribution in [0.4, 0.5) is 4.79 Å². The Kier molecular flexibility index (Phi) is 19.0. The van der Waals surface area contributed by atoms with Gasteiger partial charge in [0.2, 0.25) is 17.7 Å². The number of likely N-dealkylation sites (N-methyl/N-ethyl adjacent to an activating group) is 1. The third kappa shape index (κ3) is 13.2. The fraction of sp³-hybridized carbons (Fsp3) is 0.689. The van der Waals surface area contributed by atoms with Gasteiger partial charge in [-0.3, -0.25) is 24.0 Å². The highest BCUT2D eigenvalue weighted by Crippen LogP contribution is 2.68. The molecule has 0 saturated heterocycles. The van der Waals surface area contributed by atoms with Crippen LogP contribution in [0.25, 0.3) is 10.2 Å². The van der Waals surface area contributed by atoms with E-state index in [0.717, 1.165) is 36.0 Å². The Labute approximate surface area is 460 Å². The smallest absolute Gasteiger partial charge is 0.415 e. The number of fused-ring (bicyclic) bond motifs is 6. The molecule has 1 aromatic carbocycles. The molecular weight excluding hydrogens is 993 g/mol. The molecule has 0 aliphatic heterocycles. The second-order valence-corrected chi connectivity index (χ2v) is 26.1. The third-order valence-corrected chi connectivity index (χ3v) is 20.7. The van der Waals surface area contributed by atoms with E-state index >= 15 is 0 Å². The van der Waals surface area contributed by atoms with Gasteiger partial charge in [0.15, 0.2) is 16.6 Å². The Balaban J connectivity index is 0.845. The number of ether oxygens (including phenoxy) is 1. The summed E-state index contributed by atoms with van der Waals surface area (Å²) in [5.41, 5.74) is 1.87. The summed E-state index contributed by atoms with van der Waals surface area (Å²) < 4.78 is 6.44. The van der Waals surface area contributed by atoms with E-state index in [0.29, 0.717) is 81.0 Å². The van der Waals surface area contributed by atoms with Crippen molar-refractivity contribution >= 4 is 62.9 Å². The number of rotatable bonds is 22. The number of thiazole rings is 1. The number of carboxylic acids is 1. The minimum Gasteiger partial charge on any atom is -0.480 e. The molecule has 10 atom stereocenters. The van der Waals surface area contributed by atoms with Gasteiger partial charge in [0.05, 0.1) is 10.2 Å². The predicted octanol–water partition coefficient (Wildman–Crippen LogP) is 11.0. The first-order chi connectivity index (χ1) is 36.4. The zero-order valence-electron chi connectivity index (χ0n) is 47.6. The van der Waals surface area contributed by atoms with E-state index in [1.165, 1.54) is 78.9 Å². The van der Waals surface area contributed by atoms with Crippen molar-refractivity contribution in [2.24, 2.45) is 57.7 Å². The lowest BCUT2D eigenvalue weighted by Crippen LogP contribution is -2.53. The number of benzene rings is 1. The quantitative estimate of drug-likeness (QED) is 0.0744. The molecule has 0 spiro atoms. The number of carboxylic acid groups (broad SMARTS) is 1. The monoisotopic (exact) mass is 1080 g/mol. The van der Waals surface area contributed by atoms with E-state index in [9.17, 15) is 43.9 Å². The van der Waals surface area contributed by atoms with Gasteiger partial charge in [-0.05, 0) is 169 Å². The summed E-state index contributed by atoms with van der Waals surface area (Å²) in [6.45, 7) is 19.0. The molecule has 0 radical (unpaired) electrons. The highest BCUT2D eigenvalue weighted by molar-refractivity contribution is 7.19. The average molecular weight is 1080 g/mol. The number of unbranched alkanes of at least 4 members (excludes halogenated alkanes) is 1. The van der Waals surface area contributed by atoms with Gasteiger partial charge in [-0.15, -0.1) is 11.3 Å². The summed E-state index contributed by atoms with van der Waals surface area (Å²) in [4.78, 5) is 99.4. The van der Waals surface area contributed by atoms with Crippen LogP contribution in [0.3, 0.4) is 0 Å². The minimum absolute atomic E-state index is 0.0586. The molecule has 3 N–H and O–H groups in total. The van der Waals surface area contributed by atoms with Crippen LogP contribution in [0.5, 0.6) is 5.75 Å². The van der Waals surface area contributed by atoms with Gasteiger partial charge in [-0.25, -0.2) is 14.6 Å². The van der Waals surface area contributed by atoms with Crippen LogP contribution in [0, 0.1) is 69.0 Å². The Morgan fingerprint density at radius 1 is 0.883 bits per heavy atom. The minimum atomic E-state index is -1.07. The number of ketones is 2. The SMILES string of the molecule is CC1=C(C)C(=O)C(C(C)(C)CC(=O)N(C)CCN(CCCC(=O)NCCCCC(NC(=O)CC[C@@H](C)[C@H]2CC[C@H]3[C@@H]4CC[C@@H]5C[C@H](C)CC[C@]5(C)[C@H]4CC[C@]23C)C(=O)O)C(=O)Oc2ccc3nc(C#N)sc3c2)=C(C)C1=O. The van der Waals surface area contributed by atoms with Gasteiger partial charge in [0, 0.05) is 86.3 Å². The number of hydrogen-bond donors (Lipinski definition) is 3. The maximum absolute atomic E-state index is 13.7. The van der Waals surface area contributed by atoms with Gasteiger partial charge in [-0.1, -0.05) is 48.0 Å². The number of aromatic nitrogens is 1. The molecule has 1 unspecified atom stereocenters. The Morgan fingerprint density at radius 3 is 2.32 bits per heavy atom. The zero-order valence-corrected chi connectivity index (χ0v) is 48.4. The van der Waals surface area contributed by atoms with Crippen molar-refractivity contribution in [3.63, 3.8) is 0 Å². The van der Waals surface area contributed by atoms with Gasteiger partial charge in [0.1, 0.15) is 17.9 Å². The Bertz CT molecular complexity index is 2700. The molecule has 4 amide bonds. The van der Waals surface area contributed by atoms with Gasteiger partial charge in [-0.2, -0.15) is 5.26 Å². The molecular formula is C61H86N6O9S. The van der Waals surface area contributed by atoms with Gasteiger partial charge in [0.25, 0.3) is 0 Å². The molecule has 1 heterocycles. The van der Waals surface area contributed by atoms with Crippen molar-refractivity contribution in [3.8, 4) is 11.8 Å². The van der Waals surface area contributed by atoms with Crippen LogP contribution in [0.15, 0.2) is 40.5 Å². The molecule has 1 aromatic heterocycles. The Hall–Kier alpha value is -5.43. The number of allylic oxidation sites excluding steroid dienone is 4. The van der Waals surface area contributed by atoms with Crippen molar-refractivity contribution in [2.45, 2.75) is 178 Å². The lowest BCUT2D eigenvalue weighted by Gasteiger charge is -2.61. The molecule has 4 saturated carbocycles. The van der Waals surface area contributed by atoms with Crippen LogP contribution in [0.1, 0.15) is 176 Å². The van der Waals surface area contributed by atoms with E-state index in [4.69, 9.17) is 4.74 Å². The van der Waals surface area contributed by atoms with Crippen LogP contribution >= 0.6 is 11.3 Å². The summed E-state index contributed by atoms with van der Waals surface area (Å²) in [5, 5.41) is 25.3. The molecule has 5 aliphatic carbocycles. The number of hydrogen-bond acceptors (Lipinski definition) is 11. The van der Waals surface area contributed by atoms with Crippen LogP contribution in [0.2, 0.25) is 0 Å². The fourth-order valence-electron chi connectivity index (χ4n) is 15.1. The van der Waals surface area contributed by atoms with Crippen LogP contribution in [-0.2, 0) is 28.8 Å². The summed E-state index contributed by atoms with van der Waals surface area (Å²) in [6.07, 6.45) is 14.0. The summed E-state index contributed by atoms with van der Waals surface area (Å²) in [6, 6.07) is 5.88. The highest BCUT2D eigenvalue weighted by Gasteiger charge is 2.60. The maximum Gasteiger partial charge on any atom is 0.415 e. The first-order valence-corrected chi connectivity index (χ1v) is 29.5. The number of amides is 4. The normalized spacial score (nSPS) is 27.0. The van der Waals surface area contributed by atoms with E-state index in [-0.39, 0.29) is 85.4 Å². The first-order valence-electron chi connectivity index (χ1n) is 28.7. The average Bonchev–Trinajstić information content (AvgIpc) is 4.03. The van der Waals surface area contributed by atoms with Crippen molar-refractivity contribution in [1.82, 2.24) is 25.4 Å². The number of nitrogens with one attached hydrogen (secondary N) is 2. The largest absolute Gasteiger partial charge is 0.480 e. The van der Waals surface area contributed by atoms with E-state index < -0.39 is 23.5 Å². The van der Waals surface area contributed by atoms with Crippen LogP contribution < -0.4 is 15.4 Å². The van der Waals surface area contributed by atoms with E-state index in [2.05, 4.69) is 43.3 Å². The fourth-order valence-corrected chi connectivity index (χ4v) is 15.9.